The Hall–Kier alpha value is -1.60. The number of fused-ring (bicyclic) bond motifs is 1. The number of hydrogen-bond donors (Lipinski definition) is 1. The zero-order valence-corrected chi connectivity index (χ0v) is 13.7. The second-order valence-corrected chi connectivity index (χ2v) is 6.38. The molecule has 2 rings (SSSR count). The summed E-state index contributed by atoms with van der Waals surface area (Å²) in [6.07, 6.45) is 6.29. The Labute approximate surface area is 131 Å². The van der Waals surface area contributed by atoms with Gasteiger partial charge in [0.25, 0.3) is 0 Å². The number of rotatable bonds is 7. The molecule has 0 aliphatic rings. The maximum absolute atomic E-state index is 9.14. The van der Waals surface area contributed by atoms with E-state index in [0.717, 1.165) is 34.7 Å². The van der Waals surface area contributed by atoms with E-state index in [-0.39, 0.29) is 0 Å². The highest BCUT2D eigenvalue weighted by atomic mass is 32.1. The first-order valence-corrected chi connectivity index (χ1v) is 8.16. The maximum atomic E-state index is 9.14. The van der Waals surface area contributed by atoms with E-state index >= 15 is 0 Å². The van der Waals surface area contributed by atoms with E-state index in [9.17, 15) is 0 Å². The summed E-state index contributed by atoms with van der Waals surface area (Å²) < 4.78 is 2.84. The third-order valence-electron chi connectivity index (χ3n) is 3.84. The van der Waals surface area contributed by atoms with Gasteiger partial charge in [-0.05, 0) is 36.7 Å². The Morgan fingerprint density at radius 3 is 2.71 bits per heavy atom. The van der Waals surface area contributed by atoms with Crippen LogP contribution in [0.1, 0.15) is 51.5 Å². The van der Waals surface area contributed by atoms with Gasteiger partial charge in [-0.15, -0.1) is 0 Å². The maximum Gasteiger partial charge on any atom is 0.178 e. The minimum atomic E-state index is 0.661. The molecule has 0 aliphatic heterocycles. The fourth-order valence-corrected chi connectivity index (χ4v) is 2.96. The number of aryl methyl sites for hydroxylation is 1. The first-order valence-electron chi connectivity index (χ1n) is 7.75. The molecule has 0 bridgehead atoms. The number of aromatic amines is 1. The monoisotopic (exact) mass is 301 g/mol. The fourth-order valence-electron chi connectivity index (χ4n) is 2.67. The molecule has 2 aromatic rings. The van der Waals surface area contributed by atoms with E-state index in [0.29, 0.717) is 5.56 Å². The molecule has 21 heavy (non-hydrogen) atoms. The standard InChI is InChI=1S/C17H23N3S/c1-13(2)8-5-3-4-6-11-20-15-10-7-9-14(12-18)16(15)19-17(20)21/h7,9-10,13H,3-6,8,11H2,1-2H3,(H,19,21). The van der Waals surface area contributed by atoms with Crippen LogP contribution in [0.4, 0.5) is 0 Å². The van der Waals surface area contributed by atoms with Crippen LogP contribution in [0, 0.1) is 22.0 Å². The number of unbranched alkanes of at least 4 members (excludes halogenated alkanes) is 3. The van der Waals surface area contributed by atoms with Gasteiger partial charge >= 0.3 is 0 Å². The number of hydrogen-bond acceptors (Lipinski definition) is 2. The molecular formula is C17H23N3S. The normalized spacial score (nSPS) is 11.1. The lowest BCUT2D eigenvalue weighted by Gasteiger charge is -2.06. The SMILES string of the molecule is CC(C)CCCCCCn1c(=S)[nH]c2c(C#N)cccc21. The molecule has 1 heterocycles. The lowest BCUT2D eigenvalue weighted by Crippen LogP contribution is -1.98. The van der Waals surface area contributed by atoms with Crippen LogP contribution in [0.5, 0.6) is 0 Å². The number of benzene rings is 1. The summed E-state index contributed by atoms with van der Waals surface area (Å²) in [7, 11) is 0. The molecule has 0 aliphatic carbocycles. The van der Waals surface area contributed by atoms with E-state index in [4.69, 9.17) is 17.5 Å². The average Bonchev–Trinajstić information content (AvgIpc) is 2.78. The molecule has 1 aromatic heterocycles. The quantitative estimate of drug-likeness (QED) is 0.566. The van der Waals surface area contributed by atoms with Crippen molar-refractivity contribution in [3.8, 4) is 6.07 Å². The number of nitriles is 1. The van der Waals surface area contributed by atoms with Gasteiger partial charge in [0.15, 0.2) is 4.77 Å². The molecule has 4 heteroatoms. The van der Waals surface area contributed by atoms with Crippen molar-refractivity contribution in [2.75, 3.05) is 0 Å². The van der Waals surface area contributed by atoms with Crippen molar-refractivity contribution in [3.63, 3.8) is 0 Å². The highest BCUT2D eigenvalue weighted by Crippen LogP contribution is 2.19. The lowest BCUT2D eigenvalue weighted by atomic mass is 10.0. The first kappa shape index (κ1) is 15.8. The molecule has 0 unspecified atom stereocenters. The van der Waals surface area contributed by atoms with E-state index in [1.807, 2.05) is 18.2 Å². The van der Waals surface area contributed by atoms with Crippen LogP contribution >= 0.6 is 12.2 Å². The van der Waals surface area contributed by atoms with Crippen molar-refractivity contribution in [1.29, 1.82) is 5.26 Å². The highest BCUT2D eigenvalue weighted by molar-refractivity contribution is 7.71. The predicted octanol–water partition coefficient (Wildman–Crippen LogP) is 5.18. The summed E-state index contributed by atoms with van der Waals surface area (Å²) in [4.78, 5) is 3.17. The molecule has 112 valence electrons. The summed E-state index contributed by atoms with van der Waals surface area (Å²) in [5.74, 6) is 0.802. The number of imidazole rings is 1. The number of para-hydroxylation sites is 1. The van der Waals surface area contributed by atoms with Gasteiger partial charge in [-0.25, -0.2) is 0 Å². The zero-order valence-electron chi connectivity index (χ0n) is 12.9. The molecule has 0 fully saturated rings. The van der Waals surface area contributed by atoms with Crippen molar-refractivity contribution in [2.45, 2.75) is 52.5 Å². The molecule has 3 nitrogen and oxygen atoms in total. The van der Waals surface area contributed by atoms with Gasteiger partial charge in [-0.2, -0.15) is 5.26 Å². The van der Waals surface area contributed by atoms with Gasteiger partial charge < -0.3 is 9.55 Å². The zero-order chi connectivity index (χ0) is 15.2. The molecule has 0 saturated heterocycles. The highest BCUT2D eigenvalue weighted by Gasteiger charge is 2.07. The van der Waals surface area contributed by atoms with Crippen LogP contribution in [0.3, 0.4) is 0 Å². The number of H-pyrrole nitrogens is 1. The lowest BCUT2D eigenvalue weighted by molar-refractivity contribution is 0.507. The predicted molar refractivity (Wildman–Crippen MR) is 89.8 cm³/mol. The summed E-state index contributed by atoms with van der Waals surface area (Å²) in [5, 5.41) is 9.14. The minimum Gasteiger partial charge on any atom is -0.329 e. The van der Waals surface area contributed by atoms with Crippen LogP contribution in [0.2, 0.25) is 0 Å². The van der Waals surface area contributed by atoms with Crippen molar-refractivity contribution >= 4 is 23.3 Å². The van der Waals surface area contributed by atoms with Gasteiger partial charge in [0.1, 0.15) is 6.07 Å². The second-order valence-electron chi connectivity index (χ2n) is 5.99. The van der Waals surface area contributed by atoms with Crippen LogP contribution in [-0.4, -0.2) is 9.55 Å². The van der Waals surface area contributed by atoms with Crippen LogP contribution in [-0.2, 0) is 6.54 Å². The Balaban J connectivity index is 1.98. The summed E-state index contributed by atoms with van der Waals surface area (Å²) in [6, 6.07) is 7.99. The largest absolute Gasteiger partial charge is 0.329 e. The van der Waals surface area contributed by atoms with Crippen molar-refractivity contribution in [1.82, 2.24) is 9.55 Å². The number of aromatic nitrogens is 2. The first-order chi connectivity index (χ1) is 10.1. The second kappa shape index (κ2) is 7.42. The van der Waals surface area contributed by atoms with Crippen molar-refractivity contribution < 1.29 is 0 Å². The van der Waals surface area contributed by atoms with Gasteiger partial charge in [0, 0.05) is 6.54 Å². The average molecular weight is 301 g/mol. The Kier molecular flexibility index (Phi) is 5.58. The molecule has 0 saturated carbocycles. The van der Waals surface area contributed by atoms with E-state index < -0.39 is 0 Å². The molecule has 0 amide bonds. The molecule has 0 radical (unpaired) electrons. The number of nitrogens with one attached hydrogen (secondary N) is 1. The molecule has 1 N–H and O–H groups in total. The molecular weight excluding hydrogens is 278 g/mol. The Morgan fingerprint density at radius 1 is 1.24 bits per heavy atom. The fraction of sp³-hybridized carbons (Fsp3) is 0.529. The van der Waals surface area contributed by atoms with E-state index in [1.54, 1.807) is 0 Å². The third kappa shape index (κ3) is 3.95. The summed E-state index contributed by atoms with van der Waals surface area (Å²) in [5.41, 5.74) is 2.57. The van der Waals surface area contributed by atoms with Crippen LogP contribution in [0.25, 0.3) is 11.0 Å². The molecule has 1 aromatic carbocycles. The number of nitrogens with zero attached hydrogens (tertiary/aromatic N) is 2. The Bertz CT molecular complexity index is 688. The van der Waals surface area contributed by atoms with Gasteiger partial charge in [-0.1, -0.05) is 45.6 Å². The van der Waals surface area contributed by atoms with Gasteiger partial charge in [0.2, 0.25) is 0 Å². The van der Waals surface area contributed by atoms with Gasteiger partial charge in [-0.3, -0.25) is 0 Å². The van der Waals surface area contributed by atoms with Crippen LogP contribution < -0.4 is 0 Å². The van der Waals surface area contributed by atoms with E-state index in [2.05, 4.69) is 29.5 Å². The Morgan fingerprint density at radius 2 is 2.00 bits per heavy atom. The van der Waals surface area contributed by atoms with E-state index in [1.165, 1.54) is 25.7 Å². The topological polar surface area (TPSA) is 44.5 Å². The summed E-state index contributed by atoms with van der Waals surface area (Å²) in [6.45, 7) is 5.48. The van der Waals surface area contributed by atoms with Crippen LogP contribution in [0.15, 0.2) is 18.2 Å². The molecule has 0 spiro atoms. The molecule has 0 atom stereocenters. The van der Waals surface area contributed by atoms with Crippen molar-refractivity contribution in [3.05, 3.63) is 28.5 Å². The third-order valence-corrected chi connectivity index (χ3v) is 4.17. The minimum absolute atomic E-state index is 0.661. The van der Waals surface area contributed by atoms with Crippen molar-refractivity contribution in [2.24, 2.45) is 5.92 Å². The smallest absolute Gasteiger partial charge is 0.178 e. The summed E-state index contributed by atoms with van der Waals surface area (Å²) >= 11 is 5.39. The van der Waals surface area contributed by atoms with Gasteiger partial charge in [0.05, 0.1) is 16.6 Å².